The molecule has 1 amide bonds. The third-order valence-electron chi connectivity index (χ3n) is 3.39. The number of hydrogen-bond acceptors (Lipinski definition) is 2. The molecule has 0 radical (unpaired) electrons. The lowest BCUT2D eigenvalue weighted by molar-refractivity contribution is -0.122. The number of halogens is 1. The fourth-order valence-corrected chi connectivity index (χ4v) is 2.58. The number of benzene rings is 1. The molecule has 2 N–H and O–H groups in total. The van der Waals surface area contributed by atoms with Crippen LogP contribution in [-0.2, 0) is 11.2 Å². The normalized spacial score (nSPS) is 14.0. The van der Waals surface area contributed by atoms with Crippen molar-refractivity contribution in [1.82, 2.24) is 5.32 Å². The minimum Gasteiger partial charge on any atom is -0.388 e. The SMILES string of the molecule is Cc1ccc(CCC(=O)NCC(C)(O)CC(C)C)cc1Cl. The summed E-state index contributed by atoms with van der Waals surface area (Å²) in [4.78, 5) is 11.8. The predicted octanol–water partition coefficient (Wildman–Crippen LogP) is 3.49. The molecule has 1 atom stereocenters. The molecule has 1 aromatic rings. The molecule has 0 aliphatic carbocycles. The highest BCUT2D eigenvalue weighted by Crippen LogP contribution is 2.18. The lowest BCUT2D eigenvalue weighted by atomic mass is 9.94. The molecular weight excluding hydrogens is 286 g/mol. The van der Waals surface area contributed by atoms with E-state index in [-0.39, 0.29) is 5.91 Å². The van der Waals surface area contributed by atoms with Crippen molar-refractivity contribution in [1.29, 1.82) is 0 Å². The van der Waals surface area contributed by atoms with E-state index in [9.17, 15) is 9.90 Å². The second kappa shape index (κ2) is 7.81. The molecule has 21 heavy (non-hydrogen) atoms. The summed E-state index contributed by atoms with van der Waals surface area (Å²) < 4.78 is 0. The first-order valence-corrected chi connectivity index (χ1v) is 7.81. The van der Waals surface area contributed by atoms with Gasteiger partial charge < -0.3 is 10.4 Å². The van der Waals surface area contributed by atoms with Crippen LogP contribution in [-0.4, -0.2) is 23.2 Å². The summed E-state index contributed by atoms with van der Waals surface area (Å²) >= 11 is 6.06. The van der Waals surface area contributed by atoms with Gasteiger partial charge >= 0.3 is 0 Å². The van der Waals surface area contributed by atoms with Crippen molar-refractivity contribution in [3.63, 3.8) is 0 Å². The highest BCUT2D eigenvalue weighted by atomic mass is 35.5. The Morgan fingerprint density at radius 3 is 2.67 bits per heavy atom. The topological polar surface area (TPSA) is 49.3 Å². The van der Waals surface area contributed by atoms with E-state index in [0.717, 1.165) is 16.1 Å². The van der Waals surface area contributed by atoms with Gasteiger partial charge in [-0.3, -0.25) is 4.79 Å². The summed E-state index contributed by atoms with van der Waals surface area (Å²) in [6.45, 7) is 8.11. The molecular formula is C17H26ClNO2. The van der Waals surface area contributed by atoms with E-state index < -0.39 is 5.60 Å². The van der Waals surface area contributed by atoms with Gasteiger partial charge in [-0.1, -0.05) is 37.6 Å². The number of carbonyl (C=O) groups is 1. The fraction of sp³-hybridized carbons (Fsp3) is 0.588. The van der Waals surface area contributed by atoms with Gasteiger partial charge in [0.1, 0.15) is 0 Å². The summed E-state index contributed by atoms with van der Waals surface area (Å²) in [5, 5.41) is 13.7. The van der Waals surface area contributed by atoms with Crippen molar-refractivity contribution in [2.45, 2.75) is 52.6 Å². The maximum Gasteiger partial charge on any atom is 0.220 e. The van der Waals surface area contributed by atoms with Gasteiger partial charge in [0.2, 0.25) is 5.91 Å². The molecule has 0 fully saturated rings. The van der Waals surface area contributed by atoms with Gasteiger partial charge in [0.25, 0.3) is 0 Å². The van der Waals surface area contributed by atoms with E-state index >= 15 is 0 Å². The van der Waals surface area contributed by atoms with Crippen molar-refractivity contribution >= 4 is 17.5 Å². The van der Waals surface area contributed by atoms with Crippen molar-refractivity contribution in [2.75, 3.05) is 6.54 Å². The molecule has 0 heterocycles. The van der Waals surface area contributed by atoms with E-state index in [1.807, 2.05) is 25.1 Å². The van der Waals surface area contributed by atoms with E-state index in [0.29, 0.717) is 31.7 Å². The number of aryl methyl sites for hydroxylation is 2. The summed E-state index contributed by atoms with van der Waals surface area (Å²) in [6.07, 6.45) is 1.72. The second-order valence-corrected chi connectivity index (χ2v) is 6.86. The molecule has 0 aromatic heterocycles. The lowest BCUT2D eigenvalue weighted by Crippen LogP contribution is -2.41. The standard InChI is InChI=1S/C17H26ClNO2/c1-12(2)10-17(4,21)11-19-16(20)8-7-14-6-5-13(3)15(18)9-14/h5-6,9,12,21H,7-8,10-11H2,1-4H3,(H,19,20). The molecule has 0 bridgehead atoms. The molecule has 0 saturated carbocycles. The highest BCUT2D eigenvalue weighted by Gasteiger charge is 2.22. The third kappa shape index (κ3) is 6.96. The Balaban J connectivity index is 2.39. The zero-order chi connectivity index (χ0) is 16.0. The Morgan fingerprint density at radius 1 is 1.43 bits per heavy atom. The van der Waals surface area contributed by atoms with Crippen molar-refractivity contribution in [2.24, 2.45) is 5.92 Å². The van der Waals surface area contributed by atoms with Gasteiger partial charge in [0.15, 0.2) is 0 Å². The Labute approximate surface area is 132 Å². The first-order valence-electron chi connectivity index (χ1n) is 7.44. The number of hydrogen-bond donors (Lipinski definition) is 2. The fourth-order valence-electron chi connectivity index (χ4n) is 2.38. The Hall–Kier alpha value is -1.06. The van der Waals surface area contributed by atoms with Crippen molar-refractivity contribution < 1.29 is 9.90 Å². The maximum atomic E-state index is 11.8. The molecule has 0 saturated heterocycles. The van der Waals surface area contributed by atoms with Crippen LogP contribution >= 0.6 is 11.6 Å². The summed E-state index contributed by atoms with van der Waals surface area (Å²) in [5.74, 6) is 0.349. The molecule has 4 heteroatoms. The summed E-state index contributed by atoms with van der Waals surface area (Å²) in [5.41, 5.74) is 1.24. The highest BCUT2D eigenvalue weighted by molar-refractivity contribution is 6.31. The number of rotatable bonds is 7. The van der Waals surface area contributed by atoms with Gasteiger partial charge in [-0.25, -0.2) is 0 Å². The molecule has 0 aliphatic rings. The number of amides is 1. The van der Waals surface area contributed by atoms with Gasteiger partial charge in [0.05, 0.1) is 5.60 Å². The first-order chi connectivity index (χ1) is 9.69. The minimum absolute atomic E-state index is 0.0456. The van der Waals surface area contributed by atoms with E-state index in [1.54, 1.807) is 6.92 Å². The smallest absolute Gasteiger partial charge is 0.220 e. The van der Waals surface area contributed by atoms with Crippen molar-refractivity contribution in [3.8, 4) is 0 Å². The lowest BCUT2D eigenvalue weighted by Gasteiger charge is -2.25. The quantitative estimate of drug-likeness (QED) is 0.810. The van der Waals surface area contributed by atoms with E-state index in [2.05, 4.69) is 19.2 Å². The minimum atomic E-state index is -0.850. The van der Waals surface area contributed by atoms with Crippen LogP contribution in [0.4, 0.5) is 0 Å². The monoisotopic (exact) mass is 311 g/mol. The third-order valence-corrected chi connectivity index (χ3v) is 3.80. The van der Waals surface area contributed by atoms with Crippen LogP contribution in [0.25, 0.3) is 0 Å². The average molecular weight is 312 g/mol. The second-order valence-electron chi connectivity index (χ2n) is 6.46. The van der Waals surface area contributed by atoms with Crippen LogP contribution in [0.2, 0.25) is 5.02 Å². The number of carbonyl (C=O) groups excluding carboxylic acids is 1. The van der Waals surface area contributed by atoms with Crippen LogP contribution in [0.15, 0.2) is 18.2 Å². The van der Waals surface area contributed by atoms with Gasteiger partial charge in [-0.2, -0.15) is 0 Å². The Kier molecular flexibility index (Phi) is 6.69. The van der Waals surface area contributed by atoms with Crippen LogP contribution < -0.4 is 5.32 Å². The van der Waals surface area contributed by atoms with Crippen molar-refractivity contribution in [3.05, 3.63) is 34.3 Å². The molecule has 0 spiro atoms. The van der Waals surface area contributed by atoms with Gasteiger partial charge in [-0.05, 0) is 49.8 Å². The van der Waals surface area contributed by atoms with Gasteiger partial charge in [0, 0.05) is 18.0 Å². The zero-order valence-corrected chi connectivity index (χ0v) is 14.1. The maximum absolute atomic E-state index is 11.8. The predicted molar refractivity (Wildman–Crippen MR) is 87.6 cm³/mol. The first kappa shape index (κ1) is 18.0. The molecule has 3 nitrogen and oxygen atoms in total. The Morgan fingerprint density at radius 2 is 2.10 bits per heavy atom. The largest absolute Gasteiger partial charge is 0.388 e. The Bertz CT molecular complexity index is 484. The molecule has 1 aromatic carbocycles. The van der Waals surface area contributed by atoms with Crippen LogP contribution in [0, 0.1) is 12.8 Å². The zero-order valence-electron chi connectivity index (χ0n) is 13.4. The van der Waals surface area contributed by atoms with Crippen LogP contribution in [0.1, 0.15) is 44.7 Å². The van der Waals surface area contributed by atoms with Crippen LogP contribution in [0.3, 0.4) is 0 Å². The molecule has 118 valence electrons. The molecule has 1 unspecified atom stereocenters. The molecule has 0 aliphatic heterocycles. The summed E-state index contributed by atoms with van der Waals surface area (Å²) in [7, 11) is 0. The average Bonchev–Trinajstić information content (AvgIpc) is 2.36. The summed E-state index contributed by atoms with van der Waals surface area (Å²) in [6, 6.07) is 5.85. The van der Waals surface area contributed by atoms with E-state index in [4.69, 9.17) is 11.6 Å². The number of nitrogens with one attached hydrogen (secondary N) is 1. The molecule has 1 rings (SSSR count). The number of aliphatic hydroxyl groups is 1. The van der Waals surface area contributed by atoms with E-state index in [1.165, 1.54) is 0 Å². The van der Waals surface area contributed by atoms with Gasteiger partial charge in [-0.15, -0.1) is 0 Å². The van der Waals surface area contributed by atoms with Crippen LogP contribution in [0.5, 0.6) is 0 Å².